The SMILES string of the molecule is NC1=C[C@H](COc2ccc(Cl)c(Cl)c2)CN1. The van der Waals surface area contributed by atoms with E-state index in [1.165, 1.54) is 0 Å². The first-order valence-electron chi connectivity index (χ1n) is 4.94. The maximum absolute atomic E-state index is 5.88. The second kappa shape index (κ2) is 4.85. The summed E-state index contributed by atoms with van der Waals surface area (Å²) in [5.74, 6) is 1.73. The highest BCUT2D eigenvalue weighted by Crippen LogP contribution is 2.26. The monoisotopic (exact) mass is 258 g/mol. The molecule has 5 heteroatoms. The zero-order valence-corrected chi connectivity index (χ0v) is 10.1. The molecule has 16 heavy (non-hydrogen) atoms. The second-order valence-corrected chi connectivity index (χ2v) is 4.46. The van der Waals surface area contributed by atoms with E-state index < -0.39 is 0 Å². The van der Waals surface area contributed by atoms with Crippen LogP contribution in [-0.2, 0) is 0 Å². The van der Waals surface area contributed by atoms with Crippen LogP contribution in [0.5, 0.6) is 5.75 Å². The summed E-state index contributed by atoms with van der Waals surface area (Å²) in [6, 6.07) is 5.22. The maximum atomic E-state index is 5.88. The van der Waals surface area contributed by atoms with E-state index in [2.05, 4.69) is 5.32 Å². The van der Waals surface area contributed by atoms with Crippen molar-refractivity contribution < 1.29 is 4.74 Å². The van der Waals surface area contributed by atoms with Crippen LogP contribution in [0.2, 0.25) is 10.0 Å². The van der Waals surface area contributed by atoms with E-state index in [1.54, 1.807) is 18.2 Å². The molecule has 0 aromatic heterocycles. The van der Waals surface area contributed by atoms with Crippen molar-refractivity contribution in [2.24, 2.45) is 11.7 Å². The average Bonchev–Trinajstić information content (AvgIpc) is 2.66. The predicted octanol–water partition coefficient (Wildman–Crippen LogP) is 2.39. The lowest BCUT2D eigenvalue weighted by atomic mass is 10.2. The normalized spacial score (nSPS) is 19.1. The van der Waals surface area contributed by atoms with E-state index in [9.17, 15) is 0 Å². The van der Waals surface area contributed by atoms with Gasteiger partial charge in [0.25, 0.3) is 0 Å². The van der Waals surface area contributed by atoms with Crippen molar-refractivity contribution in [3.8, 4) is 5.75 Å². The van der Waals surface area contributed by atoms with E-state index in [-0.39, 0.29) is 0 Å². The number of rotatable bonds is 3. The fourth-order valence-electron chi connectivity index (χ4n) is 1.50. The molecule has 2 rings (SSSR count). The lowest BCUT2D eigenvalue weighted by Crippen LogP contribution is -2.19. The molecule has 1 aliphatic rings. The summed E-state index contributed by atoms with van der Waals surface area (Å²) in [6.45, 7) is 1.39. The lowest BCUT2D eigenvalue weighted by Gasteiger charge is -2.10. The van der Waals surface area contributed by atoms with Gasteiger partial charge in [0.1, 0.15) is 5.75 Å². The van der Waals surface area contributed by atoms with Gasteiger partial charge in [0, 0.05) is 18.5 Å². The van der Waals surface area contributed by atoms with Gasteiger partial charge in [-0.2, -0.15) is 0 Å². The molecule has 0 radical (unpaired) electrons. The Labute approximate surface area is 104 Å². The molecule has 1 atom stereocenters. The van der Waals surface area contributed by atoms with Crippen molar-refractivity contribution in [3.05, 3.63) is 40.1 Å². The topological polar surface area (TPSA) is 47.3 Å². The fraction of sp³-hybridized carbons (Fsp3) is 0.273. The minimum absolute atomic E-state index is 0.300. The molecule has 0 bridgehead atoms. The number of hydrogen-bond donors (Lipinski definition) is 2. The van der Waals surface area contributed by atoms with E-state index in [1.807, 2.05) is 6.08 Å². The second-order valence-electron chi connectivity index (χ2n) is 3.65. The molecule has 1 aromatic rings. The van der Waals surface area contributed by atoms with Crippen molar-refractivity contribution in [1.82, 2.24) is 5.32 Å². The quantitative estimate of drug-likeness (QED) is 0.876. The Bertz CT molecular complexity index is 420. The van der Waals surface area contributed by atoms with Gasteiger partial charge in [-0.05, 0) is 18.2 Å². The summed E-state index contributed by atoms with van der Waals surface area (Å²) >= 11 is 11.7. The summed E-state index contributed by atoms with van der Waals surface area (Å²) < 4.78 is 5.59. The Kier molecular flexibility index (Phi) is 3.46. The van der Waals surface area contributed by atoms with E-state index >= 15 is 0 Å². The Morgan fingerprint density at radius 3 is 2.81 bits per heavy atom. The minimum atomic E-state index is 0.300. The van der Waals surface area contributed by atoms with Crippen molar-refractivity contribution in [2.75, 3.05) is 13.2 Å². The number of nitrogens with one attached hydrogen (secondary N) is 1. The molecular formula is C11H12Cl2N2O. The van der Waals surface area contributed by atoms with Crippen molar-refractivity contribution in [1.29, 1.82) is 0 Å². The largest absolute Gasteiger partial charge is 0.493 e. The van der Waals surface area contributed by atoms with Crippen LogP contribution in [0.25, 0.3) is 0 Å². The lowest BCUT2D eigenvalue weighted by molar-refractivity contribution is 0.280. The van der Waals surface area contributed by atoms with Crippen LogP contribution in [-0.4, -0.2) is 13.2 Å². The fourth-order valence-corrected chi connectivity index (χ4v) is 1.79. The molecule has 0 aliphatic carbocycles. The number of hydrogen-bond acceptors (Lipinski definition) is 3. The van der Waals surface area contributed by atoms with Crippen LogP contribution >= 0.6 is 23.2 Å². The van der Waals surface area contributed by atoms with E-state index in [4.69, 9.17) is 33.7 Å². The molecule has 0 saturated carbocycles. The summed E-state index contributed by atoms with van der Waals surface area (Å²) in [5, 5.41) is 4.07. The molecule has 3 nitrogen and oxygen atoms in total. The van der Waals surface area contributed by atoms with E-state index in [0.29, 0.717) is 34.1 Å². The first-order valence-corrected chi connectivity index (χ1v) is 5.70. The molecule has 0 saturated heterocycles. The third-order valence-electron chi connectivity index (χ3n) is 2.34. The number of benzene rings is 1. The van der Waals surface area contributed by atoms with Gasteiger partial charge >= 0.3 is 0 Å². The third-order valence-corrected chi connectivity index (χ3v) is 3.08. The van der Waals surface area contributed by atoms with Gasteiger partial charge in [-0.1, -0.05) is 23.2 Å². The molecular weight excluding hydrogens is 247 g/mol. The van der Waals surface area contributed by atoms with Gasteiger partial charge in [0.15, 0.2) is 0 Å². The molecule has 86 valence electrons. The molecule has 0 unspecified atom stereocenters. The summed E-state index contributed by atoms with van der Waals surface area (Å²) in [4.78, 5) is 0. The van der Waals surface area contributed by atoms with Crippen LogP contribution in [0, 0.1) is 5.92 Å². The van der Waals surface area contributed by atoms with Gasteiger partial charge in [-0.3, -0.25) is 0 Å². The number of ether oxygens (including phenoxy) is 1. The zero-order valence-electron chi connectivity index (χ0n) is 8.54. The molecule has 1 heterocycles. The van der Waals surface area contributed by atoms with Crippen molar-refractivity contribution >= 4 is 23.2 Å². The van der Waals surface area contributed by atoms with Gasteiger partial charge in [-0.25, -0.2) is 0 Å². The average molecular weight is 259 g/mol. The zero-order chi connectivity index (χ0) is 11.5. The third kappa shape index (κ3) is 2.74. The van der Waals surface area contributed by atoms with Crippen LogP contribution in [0.1, 0.15) is 0 Å². The van der Waals surface area contributed by atoms with Crippen LogP contribution in [0.4, 0.5) is 0 Å². The Morgan fingerprint density at radius 1 is 1.38 bits per heavy atom. The highest BCUT2D eigenvalue weighted by molar-refractivity contribution is 6.42. The Morgan fingerprint density at radius 2 is 2.19 bits per heavy atom. The van der Waals surface area contributed by atoms with Crippen LogP contribution < -0.4 is 15.8 Å². The predicted molar refractivity (Wildman–Crippen MR) is 65.7 cm³/mol. The van der Waals surface area contributed by atoms with E-state index in [0.717, 1.165) is 6.54 Å². The van der Waals surface area contributed by atoms with Crippen LogP contribution in [0.3, 0.4) is 0 Å². The van der Waals surface area contributed by atoms with Crippen molar-refractivity contribution in [3.63, 3.8) is 0 Å². The number of halogens is 2. The van der Waals surface area contributed by atoms with Gasteiger partial charge in [-0.15, -0.1) is 0 Å². The summed E-state index contributed by atoms with van der Waals surface area (Å²) in [6.07, 6.45) is 1.96. The molecule has 0 fully saturated rings. The van der Waals surface area contributed by atoms with Gasteiger partial charge in [0.2, 0.25) is 0 Å². The minimum Gasteiger partial charge on any atom is -0.493 e. The summed E-state index contributed by atoms with van der Waals surface area (Å²) in [7, 11) is 0. The molecule has 1 aliphatic heterocycles. The Hall–Kier alpha value is -1.06. The first kappa shape index (κ1) is 11.4. The molecule has 0 amide bonds. The van der Waals surface area contributed by atoms with Crippen LogP contribution in [0.15, 0.2) is 30.1 Å². The molecule has 1 aromatic carbocycles. The van der Waals surface area contributed by atoms with Gasteiger partial charge < -0.3 is 15.8 Å². The standard InChI is InChI=1S/C11H12Cl2N2O/c12-9-2-1-8(4-10(9)13)16-6-7-3-11(14)15-5-7/h1-4,7,15H,5-6,14H2/t7-/m0/s1. The molecule has 0 spiro atoms. The Balaban J connectivity index is 1.92. The molecule has 3 N–H and O–H groups in total. The first-order chi connectivity index (χ1) is 7.65. The highest BCUT2D eigenvalue weighted by atomic mass is 35.5. The maximum Gasteiger partial charge on any atom is 0.120 e. The highest BCUT2D eigenvalue weighted by Gasteiger charge is 2.13. The van der Waals surface area contributed by atoms with Gasteiger partial charge in [0.05, 0.1) is 22.5 Å². The smallest absolute Gasteiger partial charge is 0.120 e. The summed E-state index contributed by atoms with van der Waals surface area (Å²) in [5.41, 5.74) is 5.59. The number of nitrogens with two attached hydrogens (primary N) is 1. The van der Waals surface area contributed by atoms with Crippen molar-refractivity contribution in [2.45, 2.75) is 0 Å².